The van der Waals surface area contributed by atoms with E-state index in [2.05, 4.69) is 53.3 Å². The van der Waals surface area contributed by atoms with Crippen molar-refractivity contribution >= 4 is 5.97 Å². The van der Waals surface area contributed by atoms with Crippen LogP contribution in [0.25, 0.3) is 0 Å². The Balaban J connectivity index is 0.000000592. The fourth-order valence-electron chi connectivity index (χ4n) is 7.49. The minimum Gasteiger partial charge on any atom is -0.480 e. The molecule has 0 spiro atoms. The average molecular weight is 530 g/mol. The average Bonchev–Trinajstić information content (AvgIpc) is 3.22. The molecule has 6 atom stereocenters. The van der Waals surface area contributed by atoms with Crippen molar-refractivity contribution in [2.45, 2.75) is 131 Å². The summed E-state index contributed by atoms with van der Waals surface area (Å²) in [4.78, 5) is 10.1. The number of nitrogens with two attached hydrogens (primary N) is 2. The first-order chi connectivity index (χ1) is 18.0. The first-order valence-corrected chi connectivity index (χ1v) is 15.8. The molecular weight excluding hydrogens is 468 g/mol. The van der Waals surface area contributed by atoms with Crippen molar-refractivity contribution in [2.75, 3.05) is 6.54 Å². The molecule has 0 heterocycles. The third kappa shape index (κ3) is 9.66. The van der Waals surface area contributed by atoms with E-state index in [9.17, 15) is 4.79 Å². The number of carboxylic acids is 1. The van der Waals surface area contributed by atoms with Crippen LogP contribution in [0, 0.1) is 35.0 Å². The molecule has 4 heteroatoms. The van der Waals surface area contributed by atoms with Gasteiger partial charge in [-0.2, -0.15) is 0 Å². The Bertz CT molecular complexity index is 820. The van der Waals surface area contributed by atoms with Crippen molar-refractivity contribution in [2.24, 2.45) is 46.5 Å². The van der Waals surface area contributed by atoms with Gasteiger partial charge in [-0.3, -0.25) is 4.79 Å². The van der Waals surface area contributed by atoms with Crippen LogP contribution >= 0.6 is 0 Å². The molecule has 0 unspecified atom stereocenters. The van der Waals surface area contributed by atoms with Gasteiger partial charge in [-0.15, -0.1) is 0 Å². The predicted octanol–water partition coefficient (Wildman–Crippen LogP) is 8.53. The van der Waals surface area contributed by atoms with E-state index in [4.69, 9.17) is 16.6 Å². The Kier molecular flexibility index (Phi) is 13.8. The lowest BCUT2D eigenvalue weighted by Crippen LogP contribution is -2.36. The Morgan fingerprint density at radius 2 is 1.84 bits per heavy atom. The van der Waals surface area contributed by atoms with Crippen molar-refractivity contribution in [3.8, 4) is 0 Å². The van der Waals surface area contributed by atoms with E-state index in [1.807, 2.05) is 0 Å². The molecule has 3 saturated carbocycles. The number of rotatable bonds is 11. The van der Waals surface area contributed by atoms with Gasteiger partial charge in [-0.05, 0) is 111 Å². The third-order valence-corrected chi connectivity index (χ3v) is 9.91. The zero-order valence-electron chi connectivity index (χ0n) is 26.4. The van der Waals surface area contributed by atoms with Crippen molar-refractivity contribution in [3.63, 3.8) is 0 Å². The highest BCUT2D eigenvalue weighted by Gasteiger charge is 2.50. The fraction of sp³-hybridized carbons (Fsp3) is 0.794. The number of carboxylic acid groups (broad SMARTS) is 1. The van der Waals surface area contributed by atoms with Gasteiger partial charge in [0.1, 0.15) is 6.04 Å². The lowest BCUT2D eigenvalue weighted by molar-refractivity contribution is -0.138. The molecule has 3 aliphatic rings. The van der Waals surface area contributed by atoms with Gasteiger partial charge in [0.05, 0.1) is 0 Å². The smallest absolute Gasteiger partial charge is 0.480 e. The second-order valence-electron chi connectivity index (χ2n) is 13.5. The minimum atomic E-state index is -0.933. The summed E-state index contributed by atoms with van der Waals surface area (Å²) in [7, 11) is 0. The number of fused-ring (bicyclic) bond motifs is 1. The largest absolute Gasteiger partial charge is 1.00 e. The van der Waals surface area contributed by atoms with Gasteiger partial charge in [0.2, 0.25) is 0 Å². The van der Waals surface area contributed by atoms with E-state index < -0.39 is 12.0 Å². The quantitative estimate of drug-likeness (QED) is 0.234. The van der Waals surface area contributed by atoms with Crippen LogP contribution in [0.1, 0.15) is 126 Å². The van der Waals surface area contributed by atoms with Crippen LogP contribution in [0.4, 0.5) is 0 Å². The van der Waals surface area contributed by atoms with Crippen LogP contribution in [0.3, 0.4) is 0 Å². The molecule has 5 N–H and O–H groups in total. The van der Waals surface area contributed by atoms with Gasteiger partial charge in [0.15, 0.2) is 0 Å². The predicted molar refractivity (Wildman–Crippen MR) is 164 cm³/mol. The number of unbranched alkanes of at least 4 members (excludes halogenated alkanes) is 1. The summed E-state index contributed by atoms with van der Waals surface area (Å²) in [5.41, 5.74) is 15.7. The molecule has 0 radical (unpaired) electrons. The first kappa shape index (κ1) is 32.8. The van der Waals surface area contributed by atoms with E-state index in [-0.39, 0.29) is 1.43 Å². The van der Waals surface area contributed by atoms with E-state index >= 15 is 0 Å². The highest BCUT2D eigenvalue weighted by Crippen LogP contribution is 2.60. The highest BCUT2D eigenvalue weighted by atomic mass is 16.4. The van der Waals surface area contributed by atoms with Crippen molar-refractivity contribution in [1.82, 2.24) is 0 Å². The van der Waals surface area contributed by atoms with Crippen molar-refractivity contribution < 1.29 is 11.3 Å². The van der Waals surface area contributed by atoms with Gasteiger partial charge in [-0.25, -0.2) is 0 Å². The zero-order chi connectivity index (χ0) is 28.3. The molecule has 0 bridgehead atoms. The summed E-state index contributed by atoms with van der Waals surface area (Å²) in [6, 6.07) is -0.716. The van der Waals surface area contributed by atoms with Crippen molar-refractivity contribution in [3.05, 3.63) is 35.5 Å². The van der Waals surface area contributed by atoms with Crippen molar-refractivity contribution in [1.29, 1.82) is 0 Å². The molecule has 0 aromatic rings. The van der Waals surface area contributed by atoms with Crippen LogP contribution in [-0.2, 0) is 4.79 Å². The monoisotopic (exact) mass is 529 g/mol. The molecule has 38 heavy (non-hydrogen) atoms. The van der Waals surface area contributed by atoms with E-state index in [0.717, 1.165) is 42.4 Å². The topological polar surface area (TPSA) is 89.3 Å². The molecule has 0 aromatic heterocycles. The summed E-state index contributed by atoms with van der Waals surface area (Å²) >= 11 is 0. The number of aliphatic carboxylic acids is 1. The molecular formula is C34H61N2O2+. The van der Waals surface area contributed by atoms with E-state index in [1.54, 1.807) is 5.57 Å². The molecule has 0 aliphatic heterocycles. The Hall–Kier alpha value is -1.39. The van der Waals surface area contributed by atoms with Crippen LogP contribution < -0.4 is 11.5 Å². The molecule has 0 aromatic carbocycles. The first-order valence-electron chi connectivity index (χ1n) is 15.8. The minimum absolute atomic E-state index is 0. The Morgan fingerprint density at radius 3 is 2.50 bits per heavy atom. The third-order valence-electron chi connectivity index (χ3n) is 9.91. The lowest BCUT2D eigenvalue weighted by Gasteiger charge is -2.44. The number of allylic oxidation sites excluding steroid dienone is 5. The summed E-state index contributed by atoms with van der Waals surface area (Å²) < 4.78 is 0. The van der Waals surface area contributed by atoms with Gasteiger partial charge >= 0.3 is 7.40 Å². The molecule has 3 rings (SSSR count). The van der Waals surface area contributed by atoms with Gasteiger partial charge in [-0.1, -0.05) is 90.2 Å². The Labute approximate surface area is 236 Å². The van der Waals surface area contributed by atoms with Crippen LogP contribution in [0.5, 0.6) is 0 Å². The second kappa shape index (κ2) is 16.0. The maximum absolute atomic E-state index is 10.1. The van der Waals surface area contributed by atoms with Gasteiger partial charge in [0, 0.05) is 0 Å². The van der Waals surface area contributed by atoms with Crippen LogP contribution in [-0.4, -0.2) is 23.7 Å². The summed E-state index contributed by atoms with van der Waals surface area (Å²) in [6.07, 6.45) is 22.3. The number of carbonyl (C=O) groups is 1. The number of hydrogen-bond acceptors (Lipinski definition) is 3. The maximum Gasteiger partial charge on any atom is 1.00 e. The van der Waals surface area contributed by atoms with Gasteiger partial charge in [0.25, 0.3) is 0 Å². The molecule has 0 saturated heterocycles. The normalized spacial score (nSPS) is 31.2. The fourth-order valence-corrected chi connectivity index (χ4v) is 7.49. The molecule has 3 aliphatic carbocycles. The highest BCUT2D eigenvalue weighted by molar-refractivity contribution is 5.72. The second-order valence-corrected chi connectivity index (χ2v) is 13.5. The molecule has 0 amide bonds. The number of hydrogen-bond donors (Lipinski definition) is 3. The summed E-state index contributed by atoms with van der Waals surface area (Å²) in [5.74, 6) is 3.42. The summed E-state index contributed by atoms with van der Waals surface area (Å²) in [6.45, 7) is 17.3. The molecule has 3 fully saturated rings. The SMILES string of the molecule is C=C1CC[C@H](C)C/C1=C/C=C1\CCC[C@]2(C)[C@@H]([C@H](C)CCCC(C)C)CC[C@@H]12.NCCCC[C@H](N)C(=O)O.[H+]. The standard InChI is InChI=1S/C28H46.C6H14N2O2/c1-20(2)9-7-10-23(5)26-16-17-27-24(11-8-18-28(26,27)6)14-15-25-19-21(3)12-13-22(25)4;7-4-2-1-3-5(8)6(9)10/h14-15,20-21,23,26-27H,4,7-13,16-19H2,1-3,5-6H3;5H,1-4,7-8H2,(H,9,10)/p+1/b24-14+,25-15-;/t21-,23+,26+,27-,28+;5-/m00/s1. The van der Waals surface area contributed by atoms with Crippen LogP contribution in [0.15, 0.2) is 35.5 Å². The zero-order valence-corrected chi connectivity index (χ0v) is 25.4. The maximum atomic E-state index is 10.1. The molecule has 4 nitrogen and oxygen atoms in total. The molecule has 218 valence electrons. The summed E-state index contributed by atoms with van der Waals surface area (Å²) in [5, 5.41) is 8.33. The van der Waals surface area contributed by atoms with Gasteiger partial charge < -0.3 is 16.6 Å². The lowest BCUT2D eigenvalue weighted by atomic mass is 9.60. The van der Waals surface area contributed by atoms with E-state index in [0.29, 0.717) is 18.4 Å². The van der Waals surface area contributed by atoms with Crippen LogP contribution in [0.2, 0.25) is 0 Å². The van der Waals surface area contributed by atoms with E-state index in [1.165, 1.54) is 81.8 Å². The Morgan fingerprint density at radius 1 is 1.11 bits per heavy atom.